The van der Waals surface area contributed by atoms with E-state index in [4.69, 9.17) is 11.6 Å². The van der Waals surface area contributed by atoms with Crippen LogP contribution in [0.15, 0.2) is 30.3 Å². The molecule has 2 rings (SSSR count). The van der Waals surface area contributed by atoms with Crippen LogP contribution in [0.4, 0.5) is 0 Å². The van der Waals surface area contributed by atoms with Crippen LogP contribution in [0.25, 0.3) is 10.9 Å². The molecular weight excluding hydrogens is 249 g/mol. The van der Waals surface area contributed by atoms with Gasteiger partial charge in [0.15, 0.2) is 0 Å². The van der Waals surface area contributed by atoms with Crippen LogP contribution < -0.4 is 0 Å². The third-order valence-electron chi connectivity index (χ3n) is 1.85. The number of halogens is 2. The van der Waals surface area contributed by atoms with E-state index in [0.29, 0.717) is 0 Å². The van der Waals surface area contributed by atoms with Crippen LogP contribution in [0.1, 0.15) is 5.69 Å². The quantitative estimate of drug-likeness (QED) is 0.708. The first kappa shape index (κ1) is 8.97. The van der Waals surface area contributed by atoms with Crippen molar-refractivity contribution >= 4 is 38.4 Å². The van der Waals surface area contributed by atoms with Crippen molar-refractivity contribution in [2.75, 3.05) is 0 Å². The molecule has 0 aliphatic heterocycles. The van der Waals surface area contributed by atoms with Gasteiger partial charge < -0.3 is 0 Å². The van der Waals surface area contributed by atoms with E-state index in [0.717, 1.165) is 26.9 Å². The van der Waals surface area contributed by atoms with Crippen LogP contribution in [0.3, 0.4) is 0 Å². The molecule has 0 fully saturated rings. The lowest BCUT2D eigenvalue weighted by molar-refractivity contribution is 1.24. The SMILES string of the molecule is Clc1ccc2ccc(CBr)nc2c1. The highest BCUT2D eigenvalue weighted by atomic mass is 79.9. The molecular formula is C10H7BrClN. The van der Waals surface area contributed by atoms with Crippen molar-refractivity contribution in [3.63, 3.8) is 0 Å². The Morgan fingerprint density at radius 1 is 1.23 bits per heavy atom. The largest absolute Gasteiger partial charge is 0.252 e. The second-order valence-corrected chi connectivity index (χ2v) is 3.77. The Morgan fingerprint density at radius 3 is 2.77 bits per heavy atom. The predicted octanol–water partition coefficient (Wildman–Crippen LogP) is 3.78. The summed E-state index contributed by atoms with van der Waals surface area (Å²) in [6.07, 6.45) is 0. The summed E-state index contributed by atoms with van der Waals surface area (Å²) >= 11 is 9.23. The summed E-state index contributed by atoms with van der Waals surface area (Å²) in [6, 6.07) is 9.78. The van der Waals surface area contributed by atoms with Crippen LogP contribution in [0.5, 0.6) is 0 Å². The summed E-state index contributed by atoms with van der Waals surface area (Å²) in [7, 11) is 0. The maximum absolute atomic E-state index is 5.86. The van der Waals surface area contributed by atoms with Gasteiger partial charge in [0, 0.05) is 15.7 Å². The molecule has 3 heteroatoms. The van der Waals surface area contributed by atoms with Gasteiger partial charge in [-0.3, -0.25) is 4.98 Å². The molecule has 66 valence electrons. The van der Waals surface area contributed by atoms with Gasteiger partial charge in [-0.2, -0.15) is 0 Å². The lowest BCUT2D eigenvalue weighted by Crippen LogP contribution is -1.85. The Hall–Kier alpha value is -0.600. The van der Waals surface area contributed by atoms with Crippen LogP contribution in [0.2, 0.25) is 5.02 Å². The van der Waals surface area contributed by atoms with Gasteiger partial charge in [0.25, 0.3) is 0 Å². The maximum atomic E-state index is 5.86. The van der Waals surface area contributed by atoms with Gasteiger partial charge in [-0.1, -0.05) is 39.7 Å². The second kappa shape index (κ2) is 3.64. The van der Waals surface area contributed by atoms with Gasteiger partial charge in [0.05, 0.1) is 11.2 Å². The lowest BCUT2D eigenvalue weighted by Gasteiger charge is -1.99. The summed E-state index contributed by atoms with van der Waals surface area (Å²) in [4.78, 5) is 4.42. The van der Waals surface area contributed by atoms with Crippen molar-refractivity contribution < 1.29 is 0 Å². The second-order valence-electron chi connectivity index (χ2n) is 2.77. The fourth-order valence-electron chi connectivity index (χ4n) is 1.21. The third-order valence-corrected chi connectivity index (χ3v) is 2.66. The monoisotopic (exact) mass is 255 g/mol. The topological polar surface area (TPSA) is 12.9 Å². The number of rotatable bonds is 1. The van der Waals surface area contributed by atoms with E-state index in [1.165, 1.54) is 0 Å². The number of nitrogens with zero attached hydrogens (tertiary/aromatic N) is 1. The fraction of sp³-hybridized carbons (Fsp3) is 0.100. The summed E-state index contributed by atoms with van der Waals surface area (Å²) < 4.78 is 0. The number of hydrogen-bond acceptors (Lipinski definition) is 1. The van der Waals surface area contributed by atoms with Gasteiger partial charge in [0.1, 0.15) is 0 Å². The molecule has 1 aromatic heterocycles. The van der Waals surface area contributed by atoms with E-state index >= 15 is 0 Å². The van der Waals surface area contributed by atoms with Crippen LogP contribution in [-0.2, 0) is 5.33 Å². The average molecular weight is 257 g/mol. The van der Waals surface area contributed by atoms with Gasteiger partial charge in [-0.15, -0.1) is 0 Å². The number of pyridine rings is 1. The molecule has 0 amide bonds. The first-order chi connectivity index (χ1) is 6.29. The number of alkyl halides is 1. The van der Waals surface area contributed by atoms with Crippen molar-refractivity contribution in [1.29, 1.82) is 0 Å². The average Bonchev–Trinajstić information content (AvgIpc) is 2.16. The van der Waals surface area contributed by atoms with Crippen molar-refractivity contribution in [1.82, 2.24) is 4.98 Å². The van der Waals surface area contributed by atoms with Gasteiger partial charge in [0.2, 0.25) is 0 Å². The molecule has 13 heavy (non-hydrogen) atoms. The van der Waals surface area contributed by atoms with Gasteiger partial charge in [-0.05, 0) is 18.2 Å². The first-order valence-corrected chi connectivity index (χ1v) is 5.41. The number of aromatic nitrogens is 1. The zero-order valence-corrected chi connectivity index (χ0v) is 9.14. The predicted molar refractivity (Wildman–Crippen MR) is 59.4 cm³/mol. The van der Waals surface area contributed by atoms with E-state index < -0.39 is 0 Å². The van der Waals surface area contributed by atoms with Crippen LogP contribution >= 0.6 is 27.5 Å². The maximum Gasteiger partial charge on any atom is 0.0720 e. The molecule has 0 unspecified atom stereocenters. The summed E-state index contributed by atoms with van der Waals surface area (Å²) in [5.41, 5.74) is 1.97. The summed E-state index contributed by atoms with van der Waals surface area (Å²) in [5.74, 6) is 0. The van der Waals surface area contributed by atoms with Crippen molar-refractivity contribution in [2.45, 2.75) is 5.33 Å². The van der Waals surface area contributed by atoms with Crippen molar-refractivity contribution in [2.24, 2.45) is 0 Å². The zero-order chi connectivity index (χ0) is 9.26. The third kappa shape index (κ3) is 1.84. The van der Waals surface area contributed by atoms with E-state index in [1.54, 1.807) is 0 Å². The molecule has 0 aliphatic rings. The Kier molecular flexibility index (Phi) is 2.51. The zero-order valence-electron chi connectivity index (χ0n) is 6.80. The molecule has 0 N–H and O–H groups in total. The van der Waals surface area contributed by atoms with E-state index in [-0.39, 0.29) is 0 Å². The van der Waals surface area contributed by atoms with Crippen molar-refractivity contribution in [3.05, 3.63) is 41.0 Å². The fourth-order valence-corrected chi connectivity index (χ4v) is 1.69. The molecule has 1 nitrogen and oxygen atoms in total. The summed E-state index contributed by atoms with van der Waals surface area (Å²) in [5, 5.41) is 2.62. The van der Waals surface area contributed by atoms with Crippen LogP contribution in [-0.4, -0.2) is 4.98 Å². The highest BCUT2D eigenvalue weighted by Gasteiger charge is 1.97. The van der Waals surface area contributed by atoms with Gasteiger partial charge >= 0.3 is 0 Å². The minimum Gasteiger partial charge on any atom is -0.252 e. The number of fused-ring (bicyclic) bond motifs is 1. The van der Waals surface area contributed by atoms with Crippen molar-refractivity contribution in [3.8, 4) is 0 Å². The van der Waals surface area contributed by atoms with E-state index in [2.05, 4.69) is 27.0 Å². The molecule has 2 aromatic rings. The summed E-state index contributed by atoms with van der Waals surface area (Å²) in [6.45, 7) is 0. The Balaban J connectivity index is 2.68. The van der Waals surface area contributed by atoms with E-state index in [1.807, 2.05) is 24.3 Å². The molecule has 0 radical (unpaired) electrons. The molecule has 0 atom stereocenters. The Labute approximate surface area is 89.9 Å². The van der Waals surface area contributed by atoms with Gasteiger partial charge in [-0.25, -0.2) is 0 Å². The normalized spacial score (nSPS) is 10.6. The highest BCUT2D eigenvalue weighted by Crippen LogP contribution is 2.18. The highest BCUT2D eigenvalue weighted by molar-refractivity contribution is 9.08. The molecule has 0 aliphatic carbocycles. The molecule has 0 saturated carbocycles. The molecule has 1 heterocycles. The molecule has 0 bridgehead atoms. The molecule has 0 spiro atoms. The van der Waals surface area contributed by atoms with E-state index in [9.17, 15) is 0 Å². The molecule has 0 saturated heterocycles. The Bertz CT molecular complexity index is 442. The molecule has 1 aromatic carbocycles. The van der Waals surface area contributed by atoms with Crippen LogP contribution in [0, 0.1) is 0 Å². The minimum atomic E-state index is 0.728. The first-order valence-electron chi connectivity index (χ1n) is 3.91. The standard InChI is InChI=1S/C10H7BrClN/c11-6-9-4-2-7-1-3-8(12)5-10(7)13-9/h1-5H,6H2. The number of benzene rings is 1. The smallest absolute Gasteiger partial charge is 0.0720 e. The Morgan fingerprint density at radius 2 is 2.00 bits per heavy atom. The number of hydrogen-bond donors (Lipinski definition) is 0. The minimum absolute atomic E-state index is 0.728. The lowest BCUT2D eigenvalue weighted by atomic mass is 10.2.